The Morgan fingerprint density at radius 3 is 2.37 bits per heavy atom. The van der Waals surface area contributed by atoms with E-state index in [1.54, 1.807) is 0 Å². The van der Waals surface area contributed by atoms with Crippen molar-refractivity contribution in [3.63, 3.8) is 0 Å². The molecule has 0 saturated carbocycles. The van der Waals surface area contributed by atoms with Gasteiger partial charge in [-0.2, -0.15) is 4.57 Å². The second kappa shape index (κ2) is 8.40. The quantitative estimate of drug-likeness (QED) is 0.318. The molecule has 0 aliphatic rings. The van der Waals surface area contributed by atoms with Crippen molar-refractivity contribution < 1.29 is 28.5 Å². The third-order valence-corrected chi connectivity index (χ3v) is 5.87. The highest BCUT2D eigenvalue weighted by Gasteiger charge is 2.19. The SMILES string of the molecule is CC[n+]1c(/C=C/c2ccc(N(C)C)cc2)sc2ccc3ccccc3c21.[I-]. The van der Waals surface area contributed by atoms with Crippen LogP contribution < -0.4 is 33.4 Å². The van der Waals surface area contributed by atoms with E-state index in [0.29, 0.717) is 0 Å². The fraction of sp³-hybridized carbons (Fsp3) is 0.174. The summed E-state index contributed by atoms with van der Waals surface area (Å²) in [6.07, 6.45) is 4.45. The number of fused-ring (bicyclic) bond motifs is 3. The molecule has 0 aliphatic heterocycles. The Morgan fingerprint density at radius 2 is 1.67 bits per heavy atom. The van der Waals surface area contributed by atoms with E-state index in [4.69, 9.17) is 0 Å². The Labute approximate surface area is 181 Å². The summed E-state index contributed by atoms with van der Waals surface area (Å²) in [6.45, 7) is 3.18. The van der Waals surface area contributed by atoms with Gasteiger partial charge < -0.3 is 28.9 Å². The van der Waals surface area contributed by atoms with Crippen molar-refractivity contribution in [1.29, 1.82) is 0 Å². The van der Waals surface area contributed by atoms with Crippen LogP contribution >= 0.6 is 11.3 Å². The van der Waals surface area contributed by atoms with Crippen molar-refractivity contribution in [3.05, 3.63) is 71.2 Å². The summed E-state index contributed by atoms with van der Waals surface area (Å²) in [6, 6.07) is 21.8. The predicted molar refractivity (Wildman–Crippen MR) is 115 cm³/mol. The lowest BCUT2D eigenvalue weighted by Gasteiger charge is -2.11. The molecule has 27 heavy (non-hydrogen) atoms. The highest BCUT2D eigenvalue weighted by atomic mass is 127. The molecule has 138 valence electrons. The van der Waals surface area contributed by atoms with Gasteiger partial charge in [-0.05, 0) is 48.2 Å². The maximum Gasteiger partial charge on any atom is 0.262 e. The van der Waals surface area contributed by atoms with E-state index >= 15 is 0 Å². The summed E-state index contributed by atoms with van der Waals surface area (Å²) in [5, 5.41) is 3.92. The van der Waals surface area contributed by atoms with E-state index in [2.05, 4.69) is 103 Å². The molecule has 4 rings (SSSR count). The molecule has 0 amide bonds. The van der Waals surface area contributed by atoms with Gasteiger partial charge in [-0.3, -0.25) is 0 Å². The first-order valence-electron chi connectivity index (χ1n) is 8.97. The summed E-state index contributed by atoms with van der Waals surface area (Å²) in [5.41, 5.74) is 3.79. The first kappa shape index (κ1) is 19.8. The summed E-state index contributed by atoms with van der Waals surface area (Å²) >= 11 is 1.86. The number of hydrogen-bond donors (Lipinski definition) is 0. The summed E-state index contributed by atoms with van der Waals surface area (Å²) in [4.78, 5) is 2.12. The Hall–Kier alpha value is -1.92. The molecule has 0 radical (unpaired) electrons. The molecule has 3 aromatic carbocycles. The van der Waals surface area contributed by atoms with E-state index in [9.17, 15) is 0 Å². The zero-order chi connectivity index (χ0) is 18.1. The highest BCUT2D eigenvalue weighted by molar-refractivity contribution is 7.19. The number of anilines is 1. The Bertz CT molecular complexity index is 1090. The van der Waals surface area contributed by atoms with Crippen LogP contribution in [0.5, 0.6) is 0 Å². The molecule has 0 bridgehead atoms. The largest absolute Gasteiger partial charge is 1.00 e. The van der Waals surface area contributed by atoms with Crippen molar-refractivity contribution in [2.75, 3.05) is 19.0 Å². The van der Waals surface area contributed by atoms with Gasteiger partial charge in [-0.15, -0.1) is 0 Å². The maximum atomic E-state index is 2.42. The lowest BCUT2D eigenvalue weighted by molar-refractivity contribution is -0.664. The number of halogens is 1. The van der Waals surface area contributed by atoms with Crippen LogP contribution in [-0.2, 0) is 6.54 Å². The topological polar surface area (TPSA) is 7.12 Å². The van der Waals surface area contributed by atoms with Crippen LogP contribution in [0.3, 0.4) is 0 Å². The number of nitrogens with zero attached hydrogens (tertiary/aromatic N) is 2. The van der Waals surface area contributed by atoms with Gasteiger partial charge in [0.1, 0.15) is 11.2 Å². The molecule has 1 aromatic heterocycles. The minimum atomic E-state index is 0. The van der Waals surface area contributed by atoms with Gasteiger partial charge >= 0.3 is 0 Å². The average molecular weight is 486 g/mol. The second-order valence-electron chi connectivity index (χ2n) is 6.64. The summed E-state index contributed by atoms with van der Waals surface area (Å²) < 4.78 is 3.76. The van der Waals surface area contributed by atoms with Crippen molar-refractivity contribution in [3.8, 4) is 0 Å². The van der Waals surface area contributed by atoms with Gasteiger partial charge in [-0.1, -0.05) is 47.7 Å². The standard InChI is InChI=1S/C23H23N2S.HI/c1-4-25-22(16-11-17-9-13-19(14-10-17)24(2)3)26-21-15-12-18-7-5-6-8-20(18)23(21)25;/h5-16H,4H2,1-3H3;1H/q+1;/p-1. The number of benzene rings is 3. The van der Waals surface area contributed by atoms with Gasteiger partial charge in [0, 0.05) is 25.9 Å². The highest BCUT2D eigenvalue weighted by Crippen LogP contribution is 2.29. The Kier molecular flexibility index (Phi) is 6.17. The monoisotopic (exact) mass is 486 g/mol. The first-order valence-corrected chi connectivity index (χ1v) is 9.78. The molecule has 2 nitrogen and oxygen atoms in total. The number of rotatable bonds is 4. The second-order valence-corrected chi connectivity index (χ2v) is 7.70. The molecule has 0 unspecified atom stereocenters. The molecule has 0 N–H and O–H groups in total. The molecular weight excluding hydrogens is 463 g/mol. The molecule has 4 heteroatoms. The smallest absolute Gasteiger partial charge is 0.262 e. The van der Waals surface area contributed by atoms with Gasteiger partial charge in [-0.25, -0.2) is 0 Å². The van der Waals surface area contributed by atoms with Gasteiger partial charge in [0.25, 0.3) is 5.01 Å². The summed E-state index contributed by atoms with van der Waals surface area (Å²) in [7, 11) is 4.13. The Morgan fingerprint density at radius 1 is 0.926 bits per heavy atom. The molecule has 0 fully saturated rings. The van der Waals surface area contributed by atoms with Crippen LogP contribution in [0.25, 0.3) is 33.1 Å². The number of aromatic nitrogens is 1. The van der Waals surface area contributed by atoms with Gasteiger partial charge in [0.2, 0.25) is 5.52 Å². The van der Waals surface area contributed by atoms with Gasteiger partial charge in [0.05, 0.1) is 5.39 Å². The predicted octanol–water partition coefficient (Wildman–Crippen LogP) is 2.60. The molecule has 0 spiro atoms. The minimum absolute atomic E-state index is 0. The molecule has 1 heterocycles. The van der Waals surface area contributed by atoms with Crippen LogP contribution in [0.1, 0.15) is 17.5 Å². The number of hydrogen-bond acceptors (Lipinski definition) is 2. The lowest BCUT2D eigenvalue weighted by atomic mass is 10.1. The van der Waals surface area contributed by atoms with Crippen LogP contribution in [0.4, 0.5) is 5.69 Å². The number of aryl methyl sites for hydroxylation is 1. The fourth-order valence-corrected chi connectivity index (χ4v) is 4.51. The van der Waals surface area contributed by atoms with E-state index in [-0.39, 0.29) is 24.0 Å². The lowest BCUT2D eigenvalue weighted by Crippen LogP contribution is -3.00. The maximum absolute atomic E-state index is 2.42. The number of thiazole rings is 1. The zero-order valence-electron chi connectivity index (χ0n) is 15.8. The van der Waals surface area contributed by atoms with E-state index in [1.165, 1.54) is 37.2 Å². The van der Waals surface area contributed by atoms with Gasteiger partial charge in [0.15, 0.2) is 0 Å². The van der Waals surface area contributed by atoms with Crippen molar-refractivity contribution in [1.82, 2.24) is 0 Å². The van der Waals surface area contributed by atoms with Crippen molar-refractivity contribution in [2.45, 2.75) is 13.5 Å². The minimum Gasteiger partial charge on any atom is -1.00 e. The van der Waals surface area contributed by atoms with E-state index in [1.807, 2.05) is 11.3 Å². The van der Waals surface area contributed by atoms with Crippen LogP contribution in [0, 0.1) is 0 Å². The fourth-order valence-electron chi connectivity index (χ4n) is 3.36. The third kappa shape index (κ3) is 3.87. The van der Waals surface area contributed by atoms with Crippen molar-refractivity contribution >= 4 is 50.2 Å². The van der Waals surface area contributed by atoms with Crippen LogP contribution in [0.2, 0.25) is 0 Å². The molecule has 0 atom stereocenters. The van der Waals surface area contributed by atoms with Crippen LogP contribution in [0.15, 0.2) is 60.7 Å². The zero-order valence-corrected chi connectivity index (χ0v) is 18.8. The molecular formula is C23H23IN2S. The molecule has 0 saturated heterocycles. The van der Waals surface area contributed by atoms with E-state index < -0.39 is 0 Å². The Balaban J connectivity index is 0.00000210. The summed E-state index contributed by atoms with van der Waals surface area (Å²) in [5.74, 6) is 0. The van der Waals surface area contributed by atoms with E-state index in [0.717, 1.165) is 6.54 Å². The van der Waals surface area contributed by atoms with Crippen molar-refractivity contribution in [2.24, 2.45) is 0 Å². The molecule has 4 aromatic rings. The average Bonchev–Trinajstić information content (AvgIpc) is 3.04. The van der Waals surface area contributed by atoms with Crippen LogP contribution in [-0.4, -0.2) is 14.1 Å². The normalized spacial score (nSPS) is 11.2. The molecule has 0 aliphatic carbocycles. The third-order valence-electron chi connectivity index (χ3n) is 4.76. The first-order chi connectivity index (χ1) is 12.7.